The highest BCUT2D eigenvalue weighted by molar-refractivity contribution is 8.06. The Morgan fingerprint density at radius 1 is 1.37 bits per heavy atom. The lowest BCUT2D eigenvalue weighted by molar-refractivity contribution is 0.581. The normalized spacial score (nSPS) is 11.9. The minimum atomic E-state index is -3.83. The van der Waals surface area contributed by atoms with Gasteiger partial charge in [0, 0.05) is 28.6 Å². The summed E-state index contributed by atoms with van der Waals surface area (Å²) in [6, 6.07) is 1.73. The molecule has 0 aliphatic carbocycles. The molecule has 106 valence electrons. The first kappa shape index (κ1) is 16.1. The van der Waals surface area contributed by atoms with Gasteiger partial charge in [0.2, 0.25) is 10.0 Å². The van der Waals surface area contributed by atoms with Crippen LogP contribution < -0.4 is 10.5 Å². The van der Waals surface area contributed by atoms with E-state index in [-0.39, 0.29) is 13.1 Å². The predicted octanol–water partition coefficient (Wildman–Crippen LogP) is -0.520. The number of hydrogen-bond donors (Lipinski definition) is 2. The fraction of sp³-hybridized carbons (Fsp3) is 0.400. The van der Waals surface area contributed by atoms with E-state index in [1.807, 2.05) is 0 Å². The van der Waals surface area contributed by atoms with Crippen LogP contribution in [0.1, 0.15) is 10.4 Å². The van der Waals surface area contributed by atoms with Crippen molar-refractivity contribution < 1.29 is 16.8 Å². The van der Waals surface area contributed by atoms with Gasteiger partial charge in [-0.05, 0) is 6.07 Å². The van der Waals surface area contributed by atoms with Gasteiger partial charge in [-0.2, -0.15) is 0 Å². The van der Waals surface area contributed by atoms with Gasteiger partial charge in [0.1, 0.15) is 0 Å². The van der Waals surface area contributed by atoms with Crippen molar-refractivity contribution in [2.45, 2.75) is 6.54 Å². The summed E-state index contributed by atoms with van der Waals surface area (Å²) in [5.41, 5.74) is 6.00. The SMILES string of the molecule is CS(=O)(=O)CS(=O)(=O)NCc1cc(C#CCN)cs1. The number of sulfonamides is 1. The van der Waals surface area contributed by atoms with Gasteiger partial charge in [-0.25, -0.2) is 21.6 Å². The van der Waals surface area contributed by atoms with E-state index in [0.29, 0.717) is 0 Å². The van der Waals surface area contributed by atoms with Crippen LogP contribution in [0.3, 0.4) is 0 Å². The summed E-state index contributed by atoms with van der Waals surface area (Å²) in [5, 5.41) is 0.869. The summed E-state index contributed by atoms with van der Waals surface area (Å²) in [4.78, 5) is 0.749. The molecule has 9 heteroatoms. The second-order valence-corrected chi connectivity index (χ2v) is 9.10. The van der Waals surface area contributed by atoms with Gasteiger partial charge in [-0.3, -0.25) is 0 Å². The third-order valence-corrected chi connectivity index (χ3v) is 6.30. The highest BCUT2D eigenvalue weighted by Crippen LogP contribution is 2.13. The smallest absolute Gasteiger partial charge is 0.226 e. The van der Waals surface area contributed by atoms with E-state index in [1.54, 1.807) is 11.4 Å². The Balaban J connectivity index is 2.65. The molecule has 0 unspecified atom stereocenters. The monoisotopic (exact) mass is 322 g/mol. The number of rotatable bonds is 5. The lowest BCUT2D eigenvalue weighted by Gasteiger charge is -2.03. The Hall–Kier alpha value is -0.920. The summed E-state index contributed by atoms with van der Waals surface area (Å²) in [6.07, 6.45) is 0.873. The van der Waals surface area contributed by atoms with Crippen LogP contribution in [0.25, 0.3) is 0 Å². The van der Waals surface area contributed by atoms with E-state index in [2.05, 4.69) is 16.6 Å². The van der Waals surface area contributed by atoms with Crippen LogP contribution >= 0.6 is 11.3 Å². The van der Waals surface area contributed by atoms with Gasteiger partial charge in [0.25, 0.3) is 0 Å². The molecular formula is C10H14N2O4S3. The van der Waals surface area contributed by atoms with Crippen LogP contribution in [-0.4, -0.2) is 34.7 Å². The Kier molecular flexibility index (Phi) is 5.51. The van der Waals surface area contributed by atoms with Crippen LogP contribution in [-0.2, 0) is 26.4 Å². The molecule has 0 saturated heterocycles. The molecule has 1 rings (SSSR count). The summed E-state index contributed by atoms with van der Waals surface area (Å²) in [7, 11) is -7.41. The molecule has 1 aromatic heterocycles. The minimum absolute atomic E-state index is 0.0484. The molecule has 0 saturated carbocycles. The second-order valence-electron chi connectivity index (χ2n) is 3.79. The van der Waals surface area contributed by atoms with E-state index < -0.39 is 24.9 Å². The van der Waals surface area contributed by atoms with E-state index in [0.717, 1.165) is 16.7 Å². The van der Waals surface area contributed by atoms with Crippen LogP contribution in [0, 0.1) is 11.8 Å². The summed E-state index contributed by atoms with van der Waals surface area (Å²) >= 11 is 1.34. The number of hydrogen-bond acceptors (Lipinski definition) is 6. The van der Waals surface area contributed by atoms with Gasteiger partial charge in [0.05, 0.1) is 6.54 Å². The van der Waals surface area contributed by atoms with Gasteiger partial charge < -0.3 is 5.73 Å². The van der Waals surface area contributed by atoms with Crippen LogP contribution in [0.2, 0.25) is 0 Å². The van der Waals surface area contributed by atoms with E-state index in [1.165, 1.54) is 11.3 Å². The van der Waals surface area contributed by atoms with Crippen molar-refractivity contribution in [3.05, 3.63) is 21.9 Å². The molecule has 0 atom stereocenters. The molecule has 0 radical (unpaired) electrons. The summed E-state index contributed by atoms with van der Waals surface area (Å²) < 4.78 is 47.0. The largest absolute Gasteiger partial charge is 0.320 e. The third-order valence-electron chi connectivity index (χ3n) is 1.82. The van der Waals surface area contributed by atoms with Crippen LogP contribution in [0.15, 0.2) is 11.4 Å². The standard InChI is InChI=1S/C10H14N2O4S3/c1-18(13,14)8-19(15,16)12-6-10-5-9(7-17-10)3-2-4-11/h5,7,12H,4,6,8,11H2,1H3. The number of thiophene rings is 1. The van der Waals surface area contributed by atoms with Crippen molar-refractivity contribution in [2.75, 3.05) is 17.9 Å². The van der Waals surface area contributed by atoms with Crippen molar-refractivity contribution >= 4 is 31.2 Å². The van der Waals surface area contributed by atoms with E-state index in [4.69, 9.17) is 5.73 Å². The Morgan fingerprint density at radius 2 is 2.05 bits per heavy atom. The molecule has 0 bridgehead atoms. The van der Waals surface area contributed by atoms with Gasteiger partial charge >= 0.3 is 0 Å². The molecule has 0 aliphatic heterocycles. The predicted molar refractivity (Wildman–Crippen MR) is 75.7 cm³/mol. The van der Waals surface area contributed by atoms with Crippen molar-refractivity contribution in [3.63, 3.8) is 0 Å². The Morgan fingerprint density at radius 3 is 2.63 bits per heavy atom. The quantitative estimate of drug-likeness (QED) is 0.710. The molecule has 0 fully saturated rings. The highest BCUT2D eigenvalue weighted by Gasteiger charge is 2.17. The zero-order valence-corrected chi connectivity index (χ0v) is 12.7. The number of nitrogens with two attached hydrogens (primary N) is 1. The van der Waals surface area contributed by atoms with Gasteiger partial charge in [0.15, 0.2) is 14.9 Å². The maximum atomic E-state index is 11.5. The highest BCUT2D eigenvalue weighted by atomic mass is 32.3. The number of sulfone groups is 1. The van der Waals surface area contributed by atoms with Crippen molar-refractivity contribution in [1.29, 1.82) is 0 Å². The first-order valence-corrected chi connectivity index (χ1v) is 9.72. The molecule has 19 heavy (non-hydrogen) atoms. The molecule has 1 aromatic rings. The van der Waals surface area contributed by atoms with Gasteiger partial charge in [-0.15, -0.1) is 11.3 Å². The van der Waals surface area contributed by atoms with E-state index in [9.17, 15) is 16.8 Å². The molecular weight excluding hydrogens is 308 g/mol. The maximum Gasteiger partial charge on any atom is 0.226 e. The fourth-order valence-corrected chi connectivity index (χ4v) is 5.01. The van der Waals surface area contributed by atoms with Crippen molar-refractivity contribution in [2.24, 2.45) is 5.73 Å². The Bertz CT molecular complexity index is 693. The first-order valence-electron chi connectivity index (χ1n) is 5.13. The van der Waals surface area contributed by atoms with Gasteiger partial charge in [-0.1, -0.05) is 11.8 Å². The van der Waals surface area contributed by atoms with Crippen molar-refractivity contribution in [1.82, 2.24) is 4.72 Å². The average molecular weight is 322 g/mol. The Labute approximate surface area is 117 Å². The molecule has 0 aliphatic rings. The first-order chi connectivity index (χ1) is 8.72. The fourth-order valence-electron chi connectivity index (χ4n) is 1.20. The van der Waals surface area contributed by atoms with Crippen LogP contribution in [0.5, 0.6) is 0 Å². The summed E-state index contributed by atoms with van der Waals surface area (Å²) in [6.45, 7) is 0.305. The third kappa shape index (κ3) is 6.70. The zero-order valence-electron chi connectivity index (χ0n) is 10.2. The molecule has 3 N–H and O–H groups in total. The topological polar surface area (TPSA) is 106 Å². The minimum Gasteiger partial charge on any atom is -0.320 e. The number of nitrogens with one attached hydrogen (secondary N) is 1. The average Bonchev–Trinajstić information content (AvgIpc) is 2.68. The zero-order chi connectivity index (χ0) is 14.5. The van der Waals surface area contributed by atoms with E-state index >= 15 is 0 Å². The molecule has 6 nitrogen and oxygen atoms in total. The molecule has 0 spiro atoms. The summed E-state index contributed by atoms with van der Waals surface area (Å²) in [5.74, 6) is 5.51. The van der Waals surface area contributed by atoms with Crippen molar-refractivity contribution in [3.8, 4) is 11.8 Å². The van der Waals surface area contributed by atoms with Crippen LogP contribution in [0.4, 0.5) is 0 Å². The molecule has 1 heterocycles. The second kappa shape index (κ2) is 6.49. The lowest BCUT2D eigenvalue weighted by atomic mass is 10.3. The molecule has 0 aromatic carbocycles. The lowest BCUT2D eigenvalue weighted by Crippen LogP contribution is -2.29. The maximum absolute atomic E-state index is 11.5. The molecule has 0 amide bonds.